The Labute approximate surface area is 64.8 Å². The van der Waals surface area contributed by atoms with Crippen molar-refractivity contribution in [2.75, 3.05) is 0 Å². The topological polar surface area (TPSA) is 21.6 Å². The molecule has 0 atom stereocenters. The molecule has 2 nitrogen and oxygen atoms in total. The molecule has 1 aromatic carbocycles. The quantitative estimate of drug-likeness (QED) is 0.547. The maximum absolute atomic E-state index is 5.06. The molecule has 0 saturated carbocycles. The zero-order chi connectivity index (χ0) is 7.52. The molecule has 1 aliphatic heterocycles. The van der Waals surface area contributed by atoms with Gasteiger partial charge in [0.25, 0.3) is 0 Å². The van der Waals surface area contributed by atoms with Crippen LogP contribution in [0.3, 0.4) is 0 Å². The summed E-state index contributed by atoms with van der Waals surface area (Å²) in [4.78, 5) is 5.06. The van der Waals surface area contributed by atoms with E-state index in [-0.39, 0.29) is 0 Å². The van der Waals surface area contributed by atoms with Crippen LogP contribution in [0.1, 0.15) is 5.56 Å². The molecule has 11 heavy (non-hydrogen) atoms. The zero-order valence-electron chi connectivity index (χ0n) is 5.90. The van der Waals surface area contributed by atoms with E-state index in [9.17, 15) is 0 Å². The second kappa shape index (κ2) is 2.58. The minimum absolute atomic E-state index is 0.803. The fraction of sp³-hybridized carbons (Fsp3) is 0. The Morgan fingerprint density at radius 2 is 2.09 bits per heavy atom. The lowest BCUT2D eigenvalue weighted by Gasteiger charge is -1.98. The predicted octanol–water partition coefficient (Wildman–Crippen LogP) is 2.08. The molecule has 0 saturated heterocycles. The lowest BCUT2D eigenvalue weighted by molar-refractivity contribution is 0.344. The van der Waals surface area contributed by atoms with Crippen LogP contribution >= 0.6 is 0 Å². The number of nitrogens with zero attached hydrogens (tertiary/aromatic N) is 1. The Hall–Kier alpha value is -1.57. The van der Waals surface area contributed by atoms with Crippen molar-refractivity contribution in [1.82, 2.24) is 0 Å². The SMILES string of the molecule is C1=Cc2ccccc2ON=C1. The maximum atomic E-state index is 5.06. The zero-order valence-corrected chi connectivity index (χ0v) is 5.90. The first-order chi connectivity index (χ1) is 5.47. The van der Waals surface area contributed by atoms with Crippen LogP contribution in [0.15, 0.2) is 35.5 Å². The second-order valence-corrected chi connectivity index (χ2v) is 2.24. The van der Waals surface area contributed by atoms with Gasteiger partial charge in [0.05, 0.1) is 6.21 Å². The van der Waals surface area contributed by atoms with Gasteiger partial charge >= 0.3 is 0 Å². The molecule has 2 heteroatoms. The van der Waals surface area contributed by atoms with Gasteiger partial charge in [-0.05, 0) is 18.2 Å². The summed E-state index contributed by atoms with van der Waals surface area (Å²) in [7, 11) is 0. The molecule has 54 valence electrons. The van der Waals surface area contributed by atoms with E-state index in [0.29, 0.717) is 0 Å². The van der Waals surface area contributed by atoms with Crippen molar-refractivity contribution >= 4 is 12.3 Å². The Balaban J connectivity index is 2.52. The molecule has 0 aliphatic carbocycles. The van der Waals surface area contributed by atoms with Gasteiger partial charge in [-0.2, -0.15) is 0 Å². The summed E-state index contributed by atoms with van der Waals surface area (Å²) in [5, 5.41) is 3.70. The number of oxime groups is 1. The molecule has 0 radical (unpaired) electrons. The molecule has 1 aliphatic rings. The van der Waals surface area contributed by atoms with Crippen molar-refractivity contribution in [3.05, 3.63) is 35.9 Å². The Kier molecular flexibility index (Phi) is 1.44. The highest BCUT2D eigenvalue weighted by Crippen LogP contribution is 2.20. The van der Waals surface area contributed by atoms with Gasteiger partial charge in [-0.3, -0.25) is 0 Å². The number of rotatable bonds is 0. The van der Waals surface area contributed by atoms with Gasteiger partial charge in [0, 0.05) is 5.56 Å². The average molecular weight is 145 g/mol. The minimum Gasteiger partial charge on any atom is -0.356 e. The highest BCUT2D eigenvalue weighted by Gasteiger charge is 1.99. The van der Waals surface area contributed by atoms with E-state index in [4.69, 9.17) is 4.84 Å². The van der Waals surface area contributed by atoms with Crippen molar-refractivity contribution in [3.8, 4) is 5.75 Å². The summed E-state index contributed by atoms with van der Waals surface area (Å²) in [5.74, 6) is 0.803. The largest absolute Gasteiger partial charge is 0.356 e. The third-order valence-electron chi connectivity index (χ3n) is 1.49. The number of allylic oxidation sites excluding steroid dienone is 1. The molecule has 0 aromatic heterocycles. The van der Waals surface area contributed by atoms with Crippen molar-refractivity contribution in [2.45, 2.75) is 0 Å². The van der Waals surface area contributed by atoms with Gasteiger partial charge in [0.15, 0.2) is 5.75 Å². The Bertz CT molecular complexity index is 315. The third kappa shape index (κ3) is 1.15. The van der Waals surface area contributed by atoms with Crippen LogP contribution in [0.2, 0.25) is 0 Å². The first-order valence-corrected chi connectivity index (χ1v) is 3.43. The molecule has 1 heterocycles. The standard InChI is InChI=1S/C9H7NO/c1-2-6-9-8(4-1)5-3-7-10-11-9/h1-7H. The average Bonchev–Trinajstić information content (AvgIpc) is 2.28. The van der Waals surface area contributed by atoms with Gasteiger partial charge in [0.1, 0.15) is 0 Å². The highest BCUT2D eigenvalue weighted by atomic mass is 16.6. The molecule has 0 N–H and O–H groups in total. The monoisotopic (exact) mass is 145 g/mol. The molecule has 2 rings (SSSR count). The molecular weight excluding hydrogens is 138 g/mol. The van der Waals surface area contributed by atoms with Crippen molar-refractivity contribution in [3.63, 3.8) is 0 Å². The minimum atomic E-state index is 0.803. The summed E-state index contributed by atoms with van der Waals surface area (Å²) in [5.41, 5.74) is 1.06. The van der Waals surface area contributed by atoms with E-state index in [1.54, 1.807) is 6.21 Å². The number of para-hydroxylation sites is 1. The van der Waals surface area contributed by atoms with Crippen LogP contribution in [0.4, 0.5) is 0 Å². The first kappa shape index (κ1) is 6.16. The molecule has 0 amide bonds. The van der Waals surface area contributed by atoms with Crippen LogP contribution in [-0.2, 0) is 0 Å². The van der Waals surface area contributed by atoms with Crippen LogP contribution in [-0.4, -0.2) is 6.21 Å². The van der Waals surface area contributed by atoms with E-state index in [2.05, 4.69) is 5.16 Å². The van der Waals surface area contributed by atoms with E-state index in [1.807, 2.05) is 36.4 Å². The number of benzene rings is 1. The van der Waals surface area contributed by atoms with Gasteiger partial charge in [-0.15, -0.1) is 0 Å². The molecule has 0 bridgehead atoms. The van der Waals surface area contributed by atoms with E-state index >= 15 is 0 Å². The van der Waals surface area contributed by atoms with Crippen LogP contribution in [0.25, 0.3) is 6.08 Å². The van der Waals surface area contributed by atoms with Gasteiger partial charge < -0.3 is 4.84 Å². The molecule has 0 unspecified atom stereocenters. The Morgan fingerprint density at radius 1 is 1.18 bits per heavy atom. The second-order valence-electron chi connectivity index (χ2n) is 2.24. The fourth-order valence-electron chi connectivity index (χ4n) is 0.970. The van der Waals surface area contributed by atoms with E-state index in [1.165, 1.54) is 0 Å². The summed E-state index contributed by atoms with van der Waals surface area (Å²) in [6.07, 6.45) is 5.44. The lowest BCUT2D eigenvalue weighted by Crippen LogP contribution is -1.82. The third-order valence-corrected chi connectivity index (χ3v) is 1.49. The van der Waals surface area contributed by atoms with Crippen molar-refractivity contribution in [1.29, 1.82) is 0 Å². The van der Waals surface area contributed by atoms with Gasteiger partial charge in [0.2, 0.25) is 0 Å². The normalized spacial score (nSPS) is 13.5. The molecule has 1 aromatic rings. The van der Waals surface area contributed by atoms with E-state index < -0.39 is 0 Å². The summed E-state index contributed by atoms with van der Waals surface area (Å²) in [6.45, 7) is 0. The van der Waals surface area contributed by atoms with E-state index in [0.717, 1.165) is 11.3 Å². The van der Waals surface area contributed by atoms with Gasteiger partial charge in [-0.1, -0.05) is 23.4 Å². The van der Waals surface area contributed by atoms with Gasteiger partial charge in [-0.25, -0.2) is 0 Å². The predicted molar refractivity (Wildman–Crippen MR) is 44.6 cm³/mol. The molecule has 0 fully saturated rings. The summed E-state index contributed by atoms with van der Waals surface area (Å²) >= 11 is 0. The van der Waals surface area contributed by atoms with Crippen molar-refractivity contribution < 1.29 is 4.84 Å². The first-order valence-electron chi connectivity index (χ1n) is 3.43. The van der Waals surface area contributed by atoms with Crippen molar-refractivity contribution in [2.24, 2.45) is 5.16 Å². The Morgan fingerprint density at radius 3 is 3.09 bits per heavy atom. The fourth-order valence-corrected chi connectivity index (χ4v) is 0.970. The van der Waals surface area contributed by atoms with Crippen LogP contribution < -0.4 is 4.84 Å². The highest BCUT2D eigenvalue weighted by molar-refractivity contribution is 5.80. The smallest absolute Gasteiger partial charge is 0.165 e. The summed E-state index contributed by atoms with van der Waals surface area (Å²) in [6, 6.07) is 7.77. The number of hydrogen-bond acceptors (Lipinski definition) is 2. The molecule has 0 spiro atoms. The maximum Gasteiger partial charge on any atom is 0.165 e. The van der Waals surface area contributed by atoms with Crippen LogP contribution in [0, 0.1) is 0 Å². The lowest BCUT2D eigenvalue weighted by atomic mass is 10.2. The number of fused-ring (bicyclic) bond motifs is 1. The number of hydrogen-bond donors (Lipinski definition) is 0. The van der Waals surface area contributed by atoms with Crippen LogP contribution in [0.5, 0.6) is 5.75 Å². The summed E-state index contributed by atoms with van der Waals surface area (Å²) < 4.78 is 0. The molecular formula is C9H7NO.